The topological polar surface area (TPSA) is 130 Å². The van der Waals surface area contributed by atoms with E-state index in [-0.39, 0.29) is 12.8 Å². The van der Waals surface area contributed by atoms with Crippen molar-refractivity contribution in [3.8, 4) is 0 Å². The van der Waals surface area contributed by atoms with Crippen molar-refractivity contribution < 1.29 is 43.0 Å². The average Bonchev–Trinajstić information content (AvgIpc) is 3.22. The third-order valence-electron chi connectivity index (χ3n) is 2.87. The molecule has 1 aromatic rings. The van der Waals surface area contributed by atoms with Crippen LogP contribution in [0, 0.1) is 0 Å². The van der Waals surface area contributed by atoms with E-state index in [9.17, 15) is 28.8 Å². The summed E-state index contributed by atoms with van der Waals surface area (Å²) < 4.78 is 12.4. The first-order chi connectivity index (χ1) is 11.9. The van der Waals surface area contributed by atoms with Gasteiger partial charge in [-0.3, -0.25) is 9.59 Å². The maximum atomic E-state index is 10.8. The van der Waals surface area contributed by atoms with E-state index in [2.05, 4.69) is 14.2 Å². The number of esters is 6. The van der Waals surface area contributed by atoms with Crippen molar-refractivity contribution in [3.05, 3.63) is 47.5 Å². The van der Waals surface area contributed by atoms with Crippen LogP contribution in [0.2, 0.25) is 0 Å². The van der Waals surface area contributed by atoms with Gasteiger partial charge in [0.15, 0.2) is 0 Å². The quantitative estimate of drug-likeness (QED) is 0.374. The second-order valence-corrected chi connectivity index (χ2v) is 4.64. The summed E-state index contributed by atoms with van der Waals surface area (Å²) in [5.74, 6) is -3.05. The van der Waals surface area contributed by atoms with E-state index in [1.165, 1.54) is 0 Å². The zero-order chi connectivity index (χ0) is 18.4. The second kappa shape index (κ2) is 7.77. The van der Waals surface area contributed by atoms with Crippen molar-refractivity contribution in [1.29, 1.82) is 0 Å². The van der Waals surface area contributed by atoms with E-state index in [0.717, 1.165) is 12.2 Å². The van der Waals surface area contributed by atoms with Crippen LogP contribution in [-0.2, 0) is 33.4 Å². The van der Waals surface area contributed by atoms with Crippen molar-refractivity contribution in [2.75, 3.05) is 0 Å². The van der Waals surface area contributed by atoms with Crippen molar-refractivity contribution in [1.82, 2.24) is 0 Å². The second-order valence-electron chi connectivity index (χ2n) is 4.64. The number of carbonyl (C=O) groups is 6. The number of rotatable bonds is 0. The predicted octanol–water partition coefficient (Wildman–Crippen LogP) is 0.473. The molecule has 9 nitrogen and oxygen atoms in total. The van der Waals surface area contributed by atoms with Crippen molar-refractivity contribution in [2.45, 2.75) is 12.8 Å². The monoisotopic (exact) mass is 346 g/mol. The summed E-state index contributed by atoms with van der Waals surface area (Å²) in [5.41, 5.74) is 0.718. The highest BCUT2D eigenvalue weighted by Crippen LogP contribution is 2.18. The Bertz CT molecular complexity index is 741. The lowest BCUT2D eigenvalue weighted by Gasteiger charge is -1.86. The van der Waals surface area contributed by atoms with Crippen LogP contribution in [0.1, 0.15) is 33.6 Å². The molecule has 3 aliphatic heterocycles. The zero-order valence-corrected chi connectivity index (χ0v) is 12.6. The van der Waals surface area contributed by atoms with E-state index >= 15 is 0 Å². The molecule has 0 saturated carbocycles. The number of carbonyl (C=O) groups excluding carboxylic acids is 6. The molecule has 1 aromatic carbocycles. The highest BCUT2D eigenvalue weighted by atomic mass is 16.6. The lowest BCUT2D eigenvalue weighted by Crippen LogP contribution is -1.96. The number of cyclic esters (lactones) is 6. The van der Waals surface area contributed by atoms with Gasteiger partial charge in [-0.25, -0.2) is 19.2 Å². The minimum atomic E-state index is -0.579. The number of ether oxygens (including phenoxy) is 3. The van der Waals surface area contributed by atoms with Crippen LogP contribution in [0.3, 0.4) is 0 Å². The van der Waals surface area contributed by atoms with Crippen molar-refractivity contribution in [3.63, 3.8) is 0 Å². The zero-order valence-electron chi connectivity index (χ0n) is 12.6. The Balaban J connectivity index is 0.000000142. The Morgan fingerprint density at radius 3 is 1.32 bits per heavy atom. The first-order valence-electron chi connectivity index (χ1n) is 6.89. The van der Waals surface area contributed by atoms with Gasteiger partial charge < -0.3 is 14.2 Å². The van der Waals surface area contributed by atoms with Crippen LogP contribution < -0.4 is 0 Å². The Hall–Kier alpha value is -3.62. The van der Waals surface area contributed by atoms with Crippen LogP contribution in [0.4, 0.5) is 0 Å². The Morgan fingerprint density at radius 2 is 1.04 bits per heavy atom. The average molecular weight is 346 g/mol. The minimum absolute atomic E-state index is 0.263. The fourth-order valence-corrected chi connectivity index (χ4v) is 1.77. The molecular weight excluding hydrogens is 336 g/mol. The molecule has 3 heterocycles. The van der Waals surface area contributed by atoms with E-state index in [1.54, 1.807) is 24.3 Å². The fourth-order valence-electron chi connectivity index (χ4n) is 1.77. The SMILES string of the molecule is O=C1C=CC(=O)O1.O=C1CCC(=O)O1.O=C1OC(=O)c2ccccc21. The van der Waals surface area contributed by atoms with Gasteiger partial charge in [0, 0.05) is 12.2 Å². The van der Waals surface area contributed by atoms with E-state index in [4.69, 9.17) is 0 Å². The summed E-state index contributed by atoms with van der Waals surface area (Å²) in [6, 6.07) is 6.53. The van der Waals surface area contributed by atoms with Gasteiger partial charge in [-0.1, -0.05) is 12.1 Å². The first kappa shape index (κ1) is 17.7. The van der Waals surface area contributed by atoms with E-state index in [0.29, 0.717) is 11.1 Å². The molecule has 0 N–H and O–H groups in total. The van der Waals surface area contributed by atoms with Gasteiger partial charge >= 0.3 is 35.8 Å². The maximum absolute atomic E-state index is 10.8. The molecule has 128 valence electrons. The van der Waals surface area contributed by atoms with Gasteiger partial charge in [0.05, 0.1) is 24.0 Å². The van der Waals surface area contributed by atoms with Gasteiger partial charge in [0.1, 0.15) is 0 Å². The molecule has 9 heteroatoms. The molecular formula is C16H10O9. The third kappa shape index (κ3) is 4.93. The summed E-state index contributed by atoms with van der Waals surface area (Å²) in [6.45, 7) is 0. The fraction of sp³-hybridized carbons (Fsp3) is 0.125. The molecule has 25 heavy (non-hydrogen) atoms. The largest absolute Gasteiger partial charge is 0.393 e. The maximum Gasteiger partial charge on any atom is 0.346 e. The van der Waals surface area contributed by atoms with E-state index < -0.39 is 35.8 Å². The van der Waals surface area contributed by atoms with Crippen LogP contribution >= 0.6 is 0 Å². The number of benzene rings is 1. The Morgan fingerprint density at radius 1 is 0.600 bits per heavy atom. The Kier molecular flexibility index (Phi) is 5.51. The molecule has 0 unspecified atom stereocenters. The third-order valence-corrected chi connectivity index (χ3v) is 2.87. The smallest absolute Gasteiger partial charge is 0.346 e. The summed E-state index contributed by atoms with van der Waals surface area (Å²) in [6.07, 6.45) is 2.70. The molecule has 0 aromatic heterocycles. The number of hydrogen-bond acceptors (Lipinski definition) is 9. The van der Waals surface area contributed by atoms with Crippen molar-refractivity contribution in [2.24, 2.45) is 0 Å². The lowest BCUT2D eigenvalue weighted by atomic mass is 10.1. The van der Waals surface area contributed by atoms with Gasteiger partial charge in [-0.15, -0.1) is 0 Å². The molecule has 0 aliphatic carbocycles. The lowest BCUT2D eigenvalue weighted by molar-refractivity contribution is -0.153. The molecule has 0 bridgehead atoms. The number of hydrogen-bond donors (Lipinski definition) is 0. The highest BCUT2D eigenvalue weighted by Gasteiger charge is 2.28. The molecule has 0 atom stereocenters. The summed E-state index contributed by atoms with van der Waals surface area (Å²) >= 11 is 0. The van der Waals surface area contributed by atoms with Gasteiger partial charge in [-0.2, -0.15) is 0 Å². The highest BCUT2D eigenvalue weighted by molar-refractivity contribution is 6.14. The van der Waals surface area contributed by atoms with Crippen LogP contribution in [0.15, 0.2) is 36.4 Å². The molecule has 3 aliphatic rings. The van der Waals surface area contributed by atoms with Crippen LogP contribution in [-0.4, -0.2) is 35.8 Å². The summed E-state index contributed by atoms with van der Waals surface area (Å²) in [7, 11) is 0. The molecule has 1 fully saturated rings. The Labute approximate surface area is 140 Å². The molecule has 0 radical (unpaired) electrons. The van der Waals surface area contributed by atoms with Crippen LogP contribution in [0.25, 0.3) is 0 Å². The normalized spacial score (nSPS) is 17.0. The first-order valence-corrected chi connectivity index (χ1v) is 6.89. The standard InChI is InChI=1S/C8H4O3.C4H4O3.C4H2O3/c9-7-5-3-1-2-4-6(5)8(10)11-7;2*5-3-1-2-4(6)7-3/h1-4H;1-2H2;1-2H. The van der Waals surface area contributed by atoms with Crippen molar-refractivity contribution >= 4 is 35.8 Å². The predicted molar refractivity (Wildman–Crippen MR) is 76.8 cm³/mol. The van der Waals surface area contributed by atoms with Gasteiger partial charge in [0.25, 0.3) is 0 Å². The molecule has 4 rings (SSSR count). The molecule has 1 saturated heterocycles. The van der Waals surface area contributed by atoms with Gasteiger partial charge in [-0.05, 0) is 12.1 Å². The molecule has 0 spiro atoms. The summed E-state index contributed by atoms with van der Waals surface area (Å²) in [5, 5.41) is 0. The molecule has 0 amide bonds. The van der Waals surface area contributed by atoms with Gasteiger partial charge in [0.2, 0.25) is 0 Å². The van der Waals surface area contributed by atoms with Crippen LogP contribution in [0.5, 0.6) is 0 Å². The number of fused-ring (bicyclic) bond motifs is 1. The minimum Gasteiger partial charge on any atom is -0.393 e. The summed E-state index contributed by atoms with van der Waals surface area (Å²) in [4.78, 5) is 61.5. The van der Waals surface area contributed by atoms with E-state index in [1.807, 2.05) is 0 Å².